The minimum Gasteiger partial charge on any atom is -0.394 e. The molecule has 0 aliphatic heterocycles. The molecule has 1 fully saturated rings. The zero-order chi connectivity index (χ0) is 13.3. The van der Waals surface area contributed by atoms with Gasteiger partial charge in [0.05, 0.1) is 12.3 Å². The lowest BCUT2D eigenvalue weighted by atomic mass is 9.99. The molecule has 2 aromatic heterocycles. The van der Waals surface area contributed by atoms with Gasteiger partial charge in [-0.1, -0.05) is 12.8 Å². The molecule has 0 aromatic carbocycles. The van der Waals surface area contributed by atoms with Crippen molar-refractivity contribution in [1.29, 1.82) is 0 Å². The van der Waals surface area contributed by atoms with E-state index in [2.05, 4.69) is 15.4 Å². The van der Waals surface area contributed by atoms with Gasteiger partial charge in [0, 0.05) is 30.4 Å². The number of hydrogen-bond acceptors (Lipinski definition) is 4. The maximum Gasteiger partial charge on any atom is 0.272 e. The van der Waals surface area contributed by atoms with Gasteiger partial charge >= 0.3 is 0 Å². The number of rotatable bonds is 4. The van der Waals surface area contributed by atoms with Gasteiger partial charge in [0.1, 0.15) is 0 Å². The van der Waals surface area contributed by atoms with Gasteiger partial charge in [0.25, 0.3) is 5.56 Å². The second kappa shape index (κ2) is 4.79. The number of aromatic nitrogens is 3. The predicted molar refractivity (Wildman–Crippen MR) is 70.9 cm³/mol. The average Bonchev–Trinajstić information content (AvgIpc) is 3.06. The highest BCUT2D eigenvalue weighted by atomic mass is 16.3. The molecule has 0 saturated heterocycles. The molecule has 3 N–H and O–H groups in total. The summed E-state index contributed by atoms with van der Waals surface area (Å²) in [7, 11) is 0. The van der Waals surface area contributed by atoms with Crippen LogP contribution in [0.25, 0.3) is 5.65 Å². The molecule has 0 atom stereocenters. The molecule has 1 aliphatic rings. The van der Waals surface area contributed by atoms with Crippen LogP contribution in [0.1, 0.15) is 31.4 Å². The number of H-pyrrole nitrogens is 1. The van der Waals surface area contributed by atoms with Crippen LogP contribution >= 0.6 is 0 Å². The Kier molecular flexibility index (Phi) is 3.12. The maximum absolute atomic E-state index is 11.8. The summed E-state index contributed by atoms with van der Waals surface area (Å²) in [4.78, 5) is 16.2. The number of hydrogen-bond donors (Lipinski definition) is 3. The van der Waals surface area contributed by atoms with Gasteiger partial charge in [0.2, 0.25) is 0 Å². The van der Waals surface area contributed by atoms with Crippen LogP contribution in [0.2, 0.25) is 0 Å². The summed E-state index contributed by atoms with van der Waals surface area (Å²) in [6.07, 6.45) is 5.93. The van der Waals surface area contributed by atoms with E-state index in [0.29, 0.717) is 17.9 Å². The summed E-state index contributed by atoms with van der Waals surface area (Å²) < 4.78 is 1.40. The van der Waals surface area contributed by atoms with Crippen LogP contribution in [0, 0.1) is 0 Å². The van der Waals surface area contributed by atoms with Gasteiger partial charge in [-0.15, -0.1) is 0 Å². The van der Waals surface area contributed by atoms with Crippen molar-refractivity contribution in [2.45, 2.75) is 37.8 Å². The lowest BCUT2D eigenvalue weighted by Crippen LogP contribution is -2.45. The van der Waals surface area contributed by atoms with E-state index in [-0.39, 0.29) is 17.7 Å². The first-order valence-corrected chi connectivity index (χ1v) is 6.64. The quantitative estimate of drug-likeness (QED) is 0.745. The smallest absolute Gasteiger partial charge is 0.272 e. The van der Waals surface area contributed by atoms with Crippen molar-refractivity contribution < 1.29 is 5.11 Å². The van der Waals surface area contributed by atoms with E-state index in [4.69, 9.17) is 0 Å². The average molecular weight is 262 g/mol. The van der Waals surface area contributed by atoms with E-state index in [1.165, 1.54) is 10.6 Å². The molecule has 1 saturated carbocycles. The fourth-order valence-corrected chi connectivity index (χ4v) is 2.79. The molecule has 0 radical (unpaired) electrons. The summed E-state index contributed by atoms with van der Waals surface area (Å²) >= 11 is 0. The minimum absolute atomic E-state index is 0.115. The third-order valence-corrected chi connectivity index (χ3v) is 3.94. The van der Waals surface area contributed by atoms with E-state index in [1.807, 2.05) is 0 Å². The number of nitrogens with one attached hydrogen (secondary N) is 2. The molecule has 0 unspecified atom stereocenters. The summed E-state index contributed by atoms with van der Waals surface area (Å²) in [6, 6.07) is 3.29. The van der Waals surface area contributed by atoms with Crippen molar-refractivity contribution in [3.8, 4) is 0 Å². The fraction of sp³-hybridized carbons (Fsp3) is 0.538. The number of nitrogens with zero attached hydrogens (tertiary/aromatic N) is 2. The van der Waals surface area contributed by atoms with Crippen LogP contribution in [0.4, 0.5) is 0 Å². The zero-order valence-corrected chi connectivity index (χ0v) is 10.7. The highest BCUT2D eigenvalue weighted by Gasteiger charge is 2.32. The minimum atomic E-state index is -0.190. The van der Waals surface area contributed by atoms with Crippen LogP contribution in [-0.4, -0.2) is 31.9 Å². The molecule has 19 heavy (non-hydrogen) atoms. The second-order valence-corrected chi connectivity index (χ2v) is 5.24. The van der Waals surface area contributed by atoms with E-state index in [9.17, 15) is 9.90 Å². The van der Waals surface area contributed by atoms with Crippen molar-refractivity contribution in [2.24, 2.45) is 0 Å². The van der Waals surface area contributed by atoms with Crippen LogP contribution in [0.3, 0.4) is 0 Å². The van der Waals surface area contributed by atoms with E-state index in [1.54, 1.807) is 12.3 Å². The van der Waals surface area contributed by atoms with Crippen LogP contribution in [0.15, 0.2) is 23.1 Å². The summed E-state index contributed by atoms with van der Waals surface area (Å²) in [5, 5.41) is 15.7. The zero-order valence-electron chi connectivity index (χ0n) is 10.7. The molecule has 0 amide bonds. The highest BCUT2D eigenvalue weighted by Crippen LogP contribution is 2.29. The maximum atomic E-state index is 11.8. The molecule has 1 aliphatic carbocycles. The molecule has 6 nitrogen and oxygen atoms in total. The van der Waals surface area contributed by atoms with Crippen molar-refractivity contribution in [1.82, 2.24) is 19.9 Å². The van der Waals surface area contributed by atoms with Gasteiger partial charge in [-0.05, 0) is 12.8 Å². The normalized spacial score (nSPS) is 18.2. The van der Waals surface area contributed by atoms with Crippen molar-refractivity contribution in [2.75, 3.05) is 6.61 Å². The Morgan fingerprint density at radius 1 is 1.47 bits per heavy atom. The first kappa shape index (κ1) is 12.4. The third kappa shape index (κ3) is 2.29. The van der Waals surface area contributed by atoms with Crippen LogP contribution < -0.4 is 10.9 Å². The first-order chi connectivity index (χ1) is 9.22. The monoisotopic (exact) mass is 262 g/mol. The molecule has 0 bridgehead atoms. The van der Waals surface area contributed by atoms with E-state index < -0.39 is 0 Å². The lowest BCUT2D eigenvalue weighted by Gasteiger charge is -2.27. The Balaban J connectivity index is 1.79. The van der Waals surface area contributed by atoms with Crippen molar-refractivity contribution in [3.63, 3.8) is 0 Å². The molecule has 0 spiro atoms. The van der Waals surface area contributed by atoms with Gasteiger partial charge < -0.3 is 10.4 Å². The second-order valence-electron chi connectivity index (χ2n) is 5.24. The molecule has 2 aromatic rings. The molecule has 102 valence electrons. The predicted octanol–water partition coefficient (Wildman–Crippen LogP) is 0.417. The Hall–Kier alpha value is -1.66. The van der Waals surface area contributed by atoms with E-state index >= 15 is 0 Å². The molecule has 6 heteroatoms. The standard InChI is InChI=1S/C13H18N4O2/c18-9-13(4-1-2-5-13)14-8-10-7-12(19)17-11(16-10)3-6-15-17/h3,6-7,14-15,18H,1-2,4-5,8-9H2. The number of aromatic amines is 1. The van der Waals surface area contributed by atoms with Crippen molar-refractivity contribution in [3.05, 3.63) is 34.4 Å². The highest BCUT2D eigenvalue weighted by molar-refractivity contribution is 5.36. The van der Waals surface area contributed by atoms with Gasteiger partial charge in [-0.3, -0.25) is 9.89 Å². The largest absolute Gasteiger partial charge is 0.394 e. The lowest BCUT2D eigenvalue weighted by molar-refractivity contribution is 0.162. The Labute approximate surface area is 110 Å². The molecular weight excluding hydrogens is 244 g/mol. The number of fused-ring (bicyclic) bond motifs is 1. The fourth-order valence-electron chi connectivity index (χ4n) is 2.79. The Morgan fingerprint density at radius 2 is 2.26 bits per heavy atom. The Morgan fingerprint density at radius 3 is 3.00 bits per heavy atom. The molecular formula is C13H18N4O2. The Bertz CT molecular complexity index is 625. The summed E-state index contributed by atoms with van der Waals surface area (Å²) in [5.41, 5.74) is 1.03. The summed E-state index contributed by atoms with van der Waals surface area (Å²) in [6.45, 7) is 0.649. The topological polar surface area (TPSA) is 82.4 Å². The summed E-state index contributed by atoms with van der Waals surface area (Å²) in [5.74, 6) is 0. The molecule has 2 heterocycles. The van der Waals surface area contributed by atoms with Gasteiger partial charge in [-0.25, -0.2) is 9.50 Å². The van der Waals surface area contributed by atoms with Gasteiger partial charge in [-0.2, -0.15) is 0 Å². The van der Waals surface area contributed by atoms with E-state index in [0.717, 1.165) is 25.7 Å². The number of aliphatic hydroxyl groups excluding tert-OH is 1. The van der Waals surface area contributed by atoms with Crippen LogP contribution in [0.5, 0.6) is 0 Å². The van der Waals surface area contributed by atoms with Crippen LogP contribution in [-0.2, 0) is 6.54 Å². The molecule has 3 rings (SSSR count). The number of aliphatic hydroxyl groups is 1. The SMILES string of the molecule is O=c1cc(CNC2(CO)CCCC2)nc2cc[nH]n12. The van der Waals surface area contributed by atoms with Crippen molar-refractivity contribution >= 4 is 5.65 Å². The third-order valence-electron chi connectivity index (χ3n) is 3.94. The van der Waals surface area contributed by atoms with Gasteiger partial charge in [0.15, 0.2) is 5.65 Å². The first-order valence-electron chi connectivity index (χ1n) is 6.64.